The van der Waals surface area contributed by atoms with E-state index in [1.165, 1.54) is 40.2 Å². The van der Waals surface area contributed by atoms with Crippen molar-refractivity contribution in [2.45, 2.75) is 38.6 Å². The van der Waals surface area contributed by atoms with Crippen molar-refractivity contribution in [3.63, 3.8) is 0 Å². The van der Waals surface area contributed by atoms with Gasteiger partial charge in [0.15, 0.2) is 11.5 Å². The SMILES string of the molecule is O=C(c1cc2c(s1)CCCCC2)N1CC[NH+](Cc2ccc3c(c2)OCO3)CC1. The van der Waals surface area contributed by atoms with Crippen LogP contribution in [0.25, 0.3) is 0 Å². The van der Waals surface area contributed by atoms with Gasteiger partial charge in [-0.2, -0.15) is 0 Å². The van der Waals surface area contributed by atoms with Gasteiger partial charge in [0, 0.05) is 10.4 Å². The van der Waals surface area contributed by atoms with E-state index in [-0.39, 0.29) is 5.91 Å². The summed E-state index contributed by atoms with van der Waals surface area (Å²) in [4.78, 5) is 19.0. The summed E-state index contributed by atoms with van der Waals surface area (Å²) in [7, 11) is 0. The Hall–Kier alpha value is -2.05. The number of carbonyl (C=O) groups excluding carboxylic acids is 1. The number of benzene rings is 1. The van der Waals surface area contributed by atoms with E-state index in [9.17, 15) is 4.79 Å². The van der Waals surface area contributed by atoms with Crippen LogP contribution in [0.5, 0.6) is 11.5 Å². The predicted molar refractivity (Wildman–Crippen MR) is 108 cm³/mol. The van der Waals surface area contributed by atoms with E-state index in [4.69, 9.17) is 9.47 Å². The summed E-state index contributed by atoms with van der Waals surface area (Å²) in [6.07, 6.45) is 6.15. The molecule has 0 atom stereocenters. The van der Waals surface area contributed by atoms with Gasteiger partial charge in [-0.1, -0.05) is 6.42 Å². The topological polar surface area (TPSA) is 43.2 Å². The van der Waals surface area contributed by atoms with Crippen LogP contribution in [0.3, 0.4) is 0 Å². The molecule has 1 aliphatic carbocycles. The molecule has 3 heterocycles. The zero-order chi connectivity index (χ0) is 18.9. The summed E-state index contributed by atoms with van der Waals surface area (Å²) in [6, 6.07) is 8.39. The molecule has 0 spiro atoms. The molecule has 0 bridgehead atoms. The largest absolute Gasteiger partial charge is 0.454 e. The molecule has 0 saturated carbocycles. The number of amides is 1. The van der Waals surface area contributed by atoms with Crippen molar-refractivity contribution in [1.82, 2.24) is 4.90 Å². The van der Waals surface area contributed by atoms with Crippen molar-refractivity contribution in [2.75, 3.05) is 33.0 Å². The Bertz CT molecular complexity index is 847. The molecule has 1 N–H and O–H groups in total. The molecule has 1 amide bonds. The Kier molecular flexibility index (Phi) is 4.99. The minimum atomic E-state index is 0.236. The lowest BCUT2D eigenvalue weighted by Gasteiger charge is -2.32. The molecular weight excluding hydrogens is 372 g/mol. The normalized spacial score (nSPS) is 19.4. The fourth-order valence-corrected chi connectivity index (χ4v) is 5.69. The van der Waals surface area contributed by atoms with Crippen LogP contribution in [-0.4, -0.2) is 43.8 Å². The minimum Gasteiger partial charge on any atom is -0.454 e. The van der Waals surface area contributed by atoms with E-state index in [0.29, 0.717) is 6.79 Å². The first kappa shape index (κ1) is 18.0. The maximum atomic E-state index is 13.0. The highest BCUT2D eigenvalue weighted by molar-refractivity contribution is 7.14. The average molecular weight is 400 g/mol. The number of ether oxygens (including phenoxy) is 2. The molecule has 1 fully saturated rings. The van der Waals surface area contributed by atoms with Gasteiger partial charge in [0.25, 0.3) is 5.91 Å². The molecule has 5 rings (SSSR count). The van der Waals surface area contributed by atoms with Crippen LogP contribution < -0.4 is 14.4 Å². The second kappa shape index (κ2) is 7.76. The van der Waals surface area contributed by atoms with Gasteiger partial charge in [-0.25, -0.2) is 0 Å². The van der Waals surface area contributed by atoms with Gasteiger partial charge in [-0.05, 0) is 55.5 Å². The van der Waals surface area contributed by atoms with Crippen molar-refractivity contribution in [2.24, 2.45) is 0 Å². The lowest BCUT2D eigenvalue weighted by molar-refractivity contribution is -0.917. The Labute approximate surface area is 169 Å². The molecular formula is C22H27N2O3S+. The molecule has 1 aromatic heterocycles. The van der Waals surface area contributed by atoms with Crippen molar-refractivity contribution in [1.29, 1.82) is 0 Å². The standard InChI is InChI=1S/C22H26N2O3S/c25-22(21-13-17-4-2-1-3-5-20(17)28-21)24-10-8-23(9-11-24)14-16-6-7-18-19(12-16)27-15-26-18/h6-7,12-13H,1-5,8-11,14-15H2/p+1. The number of quaternary nitrogens is 1. The monoisotopic (exact) mass is 399 g/mol. The fraction of sp³-hybridized carbons (Fsp3) is 0.500. The number of nitrogens with zero attached hydrogens (tertiary/aromatic N) is 1. The number of carbonyl (C=O) groups is 1. The molecule has 5 nitrogen and oxygen atoms in total. The van der Waals surface area contributed by atoms with Crippen molar-refractivity contribution in [3.05, 3.63) is 45.1 Å². The molecule has 148 valence electrons. The van der Waals surface area contributed by atoms with E-state index < -0.39 is 0 Å². The molecule has 28 heavy (non-hydrogen) atoms. The zero-order valence-corrected chi connectivity index (χ0v) is 17.0. The van der Waals surface area contributed by atoms with Crippen molar-refractivity contribution < 1.29 is 19.2 Å². The third kappa shape index (κ3) is 3.63. The van der Waals surface area contributed by atoms with Crippen molar-refractivity contribution in [3.8, 4) is 11.5 Å². The van der Waals surface area contributed by atoms with Crippen LogP contribution >= 0.6 is 11.3 Å². The van der Waals surface area contributed by atoms with Crippen molar-refractivity contribution >= 4 is 17.2 Å². The second-order valence-corrected chi connectivity index (χ2v) is 9.16. The van der Waals surface area contributed by atoms with E-state index in [1.807, 2.05) is 11.0 Å². The second-order valence-electron chi connectivity index (χ2n) is 8.03. The van der Waals surface area contributed by atoms with Crippen LogP contribution in [-0.2, 0) is 19.4 Å². The maximum Gasteiger partial charge on any atom is 0.264 e. The van der Waals surface area contributed by atoms with E-state index in [1.54, 1.807) is 11.3 Å². The quantitative estimate of drug-likeness (QED) is 0.806. The number of thiophene rings is 1. The van der Waals surface area contributed by atoms with Crippen LogP contribution in [0.4, 0.5) is 0 Å². The summed E-state index contributed by atoms with van der Waals surface area (Å²) in [5.74, 6) is 1.92. The highest BCUT2D eigenvalue weighted by Crippen LogP contribution is 2.32. The summed E-state index contributed by atoms with van der Waals surface area (Å²) >= 11 is 1.74. The summed E-state index contributed by atoms with van der Waals surface area (Å²) in [6.45, 7) is 4.93. The van der Waals surface area contributed by atoms with Crippen LogP contribution in [0.2, 0.25) is 0 Å². The lowest BCUT2D eigenvalue weighted by Crippen LogP contribution is -3.13. The number of rotatable bonds is 3. The van der Waals surface area contributed by atoms with Gasteiger partial charge < -0.3 is 19.3 Å². The first-order chi connectivity index (χ1) is 13.8. The molecule has 6 heteroatoms. The fourth-order valence-electron chi connectivity index (χ4n) is 4.47. The Morgan fingerprint density at radius 1 is 1.04 bits per heavy atom. The molecule has 0 radical (unpaired) electrons. The Morgan fingerprint density at radius 3 is 2.75 bits per heavy atom. The maximum absolute atomic E-state index is 13.0. The molecule has 2 aliphatic heterocycles. The van der Waals surface area contributed by atoms with Crippen LogP contribution in [0, 0.1) is 0 Å². The van der Waals surface area contributed by atoms with Gasteiger partial charge >= 0.3 is 0 Å². The smallest absolute Gasteiger partial charge is 0.264 e. The van der Waals surface area contributed by atoms with E-state index >= 15 is 0 Å². The number of fused-ring (bicyclic) bond motifs is 2. The summed E-state index contributed by atoms with van der Waals surface area (Å²) in [5.41, 5.74) is 2.69. The molecule has 0 unspecified atom stereocenters. The lowest BCUT2D eigenvalue weighted by atomic mass is 10.1. The van der Waals surface area contributed by atoms with Gasteiger partial charge in [0.2, 0.25) is 6.79 Å². The highest BCUT2D eigenvalue weighted by Gasteiger charge is 2.27. The Balaban J connectivity index is 1.18. The molecule has 1 saturated heterocycles. The summed E-state index contributed by atoms with van der Waals surface area (Å²) < 4.78 is 10.9. The summed E-state index contributed by atoms with van der Waals surface area (Å²) in [5, 5.41) is 0. The van der Waals surface area contributed by atoms with E-state index in [0.717, 1.165) is 61.9 Å². The van der Waals surface area contributed by atoms with Gasteiger partial charge in [0.05, 0.1) is 31.1 Å². The number of piperazine rings is 1. The third-order valence-electron chi connectivity index (χ3n) is 6.11. The van der Waals surface area contributed by atoms with E-state index in [2.05, 4.69) is 18.2 Å². The first-order valence-electron chi connectivity index (χ1n) is 10.4. The number of nitrogens with one attached hydrogen (secondary N) is 1. The van der Waals surface area contributed by atoms with Gasteiger partial charge in [-0.15, -0.1) is 11.3 Å². The number of hydrogen-bond donors (Lipinski definition) is 1. The first-order valence-corrected chi connectivity index (χ1v) is 11.2. The molecule has 3 aliphatic rings. The Morgan fingerprint density at radius 2 is 1.86 bits per heavy atom. The van der Waals surface area contributed by atoms with Gasteiger partial charge in [0.1, 0.15) is 6.54 Å². The predicted octanol–water partition coefficient (Wildman–Crippen LogP) is 2.29. The average Bonchev–Trinajstić information content (AvgIpc) is 3.29. The minimum absolute atomic E-state index is 0.236. The number of hydrogen-bond acceptors (Lipinski definition) is 4. The molecule has 2 aromatic rings. The highest BCUT2D eigenvalue weighted by atomic mass is 32.1. The number of aryl methyl sites for hydroxylation is 2. The van der Waals surface area contributed by atoms with Gasteiger partial charge in [-0.3, -0.25) is 4.79 Å². The molecule has 1 aromatic carbocycles. The third-order valence-corrected chi connectivity index (χ3v) is 7.33. The zero-order valence-electron chi connectivity index (χ0n) is 16.2. The van der Waals surface area contributed by atoms with Crippen LogP contribution in [0.15, 0.2) is 24.3 Å². The van der Waals surface area contributed by atoms with Crippen LogP contribution in [0.1, 0.15) is 44.9 Å².